The minimum absolute atomic E-state index is 0.205. The molecule has 0 fully saturated rings. The van der Waals surface area contributed by atoms with Gasteiger partial charge in [-0.1, -0.05) is 6.08 Å². The highest BCUT2D eigenvalue weighted by Gasteiger charge is 2.30. The summed E-state index contributed by atoms with van der Waals surface area (Å²) in [5.74, 6) is -1.36. The average molecular weight is 241 g/mol. The number of rotatable bonds is 5. The Balaban J connectivity index is 4.27. The zero-order valence-corrected chi connectivity index (χ0v) is 8.16. The second-order valence-electron chi connectivity index (χ2n) is 2.73. The van der Waals surface area contributed by atoms with Gasteiger partial charge in [0, 0.05) is 6.54 Å². The first-order valence-corrected chi connectivity index (χ1v) is 4.07. The van der Waals surface area contributed by atoms with E-state index < -0.39 is 31.4 Å². The van der Waals surface area contributed by atoms with Crippen LogP contribution >= 0.6 is 0 Å². The largest absolute Gasteiger partial charge is 0.480 e. The Labute approximate surface area is 89.1 Å². The lowest BCUT2D eigenvalue weighted by atomic mass is 10.5. The molecule has 0 radical (unpaired) electrons. The molecule has 1 amide bonds. The van der Waals surface area contributed by atoms with E-state index in [4.69, 9.17) is 5.11 Å². The topological polar surface area (TPSA) is 66.8 Å². The number of carbonyl (C=O) groups excluding carboxylic acids is 1. The summed E-state index contributed by atoms with van der Waals surface area (Å²) in [6.07, 6.45) is -4.81. The monoisotopic (exact) mass is 241 g/mol. The van der Waals surface area contributed by atoms with E-state index in [1.807, 2.05) is 0 Å². The number of amides is 1. The molecule has 0 aromatic rings. The Morgan fingerprint density at radius 3 is 2.38 bits per heavy atom. The number of nitrogens with zero attached hydrogens (tertiary/aromatic N) is 1. The van der Waals surface area contributed by atoms with Crippen molar-refractivity contribution in [1.82, 2.24) is 4.90 Å². The second kappa shape index (κ2) is 5.99. The van der Waals surface area contributed by atoms with E-state index in [0.717, 1.165) is 0 Å². The van der Waals surface area contributed by atoms with Crippen LogP contribution in [0.15, 0.2) is 12.7 Å². The van der Waals surface area contributed by atoms with Crippen LogP contribution in [0.25, 0.3) is 0 Å². The number of carboxylic acid groups (broad SMARTS) is 1. The number of aliphatic carboxylic acids is 1. The van der Waals surface area contributed by atoms with Crippen molar-refractivity contribution in [3.8, 4) is 0 Å². The molecule has 0 saturated carbocycles. The minimum atomic E-state index is -4.64. The summed E-state index contributed by atoms with van der Waals surface area (Å²) in [5.41, 5.74) is 0. The highest BCUT2D eigenvalue weighted by atomic mass is 19.4. The van der Waals surface area contributed by atoms with Gasteiger partial charge in [-0.05, 0) is 0 Å². The summed E-state index contributed by atoms with van der Waals surface area (Å²) >= 11 is 0. The fraction of sp³-hybridized carbons (Fsp3) is 0.500. The zero-order valence-electron chi connectivity index (χ0n) is 8.16. The molecule has 16 heavy (non-hydrogen) atoms. The van der Waals surface area contributed by atoms with Crippen molar-refractivity contribution in [2.45, 2.75) is 6.18 Å². The second-order valence-corrected chi connectivity index (χ2v) is 2.73. The van der Waals surface area contributed by atoms with Crippen LogP contribution in [0.3, 0.4) is 0 Å². The Morgan fingerprint density at radius 1 is 1.44 bits per heavy atom. The van der Waals surface area contributed by atoms with Crippen molar-refractivity contribution in [3.63, 3.8) is 0 Å². The normalized spacial score (nSPS) is 10.7. The number of halogens is 3. The summed E-state index contributed by atoms with van der Waals surface area (Å²) in [6.45, 7) is 0.531. The molecule has 0 saturated heterocycles. The average Bonchev–Trinajstić information content (AvgIpc) is 2.11. The van der Waals surface area contributed by atoms with Crippen LogP contribution in [0.1, 0.15) is 0 Å². The first kappa shape index (κ1) is 14.3. The van der Waals surface area contributed by atoms with Crippen LogP contribution in [-0.4, -0.2) is 47.9 Å². The lowest BCUT2D eigenvalue weighted by Gasteiger charge is -2.18. The van der Waals surface area contributed by atoms with Crippen molar-refractivity contribution in [3.05, 3.63) is 12.7 Å². The first-order chi connectivity index (χ1) is 7.26. The highest BCUT2D eigenvalue weighted by Crippen LogP contribution is 2.15. The summed E-state index contributed by atoms with van der Waals surface area (Å²) in [4.78, 5) is 21.9. The Bertz CT molecular complexity index is 277. The van der Waals surface area contributed by atoms with Gasteiger partial charge in [-0.3, -0.25) is 9.69 Å². The molecule has 5 nitrogen and oxygen atoms in total. The highest BCUT2D eigenvalue weighted by molar-refractivity contribution is 5.76. The number of ether oxygens (including phenoxy) is 1. The molecule has 0 atom stereocenters. The maximum absolute atomic E-state index is 11.7. The summed E-state index contributed by atoms with van der Waals surface area (Å²) in [5, 5.41) is 8.38. The Morgan fingerprint density at radius 2 is 2.00 bits per heavy atom. The lowest BCUT2D eigenvalue weighted by Crippen LogP contribution is -2.37. The van der Waals surface area contributed by atoms with Crippen molar-refractivity contribution in [1.29, 1.82) is 0 Å². The molecule has 0 aliphatic rings. The molecule has 8 heteroatoms. The van der Waals surface area contributed by atoms with Crippen LogP contribution in [0.2, 0.25) is 0 Å². The number of carboxylic acids is 1. The molecule has 0 rings (SSSR count). The van der Waals surface area contributed by atoms with Gasteiger partial charge in [-0.2, -0.15) is 13.2 Å². The van der Waals surface area contributed by atoms with E-state index >= 15 is 0 Å². The number of alkyl halides is 3. The molecule has 1 N–H and O–H groups in total. The summed E-state index contributed by atoms with van der Waals surface area (Å²) in [6, 6.07) is 0. The maximum Gasteiger partial charge on any atom is 0.422 e. The van der Waals surface area contributed by atoms with E-state index in [1.54, 1.807) is 0 Å². The van der Waals surface area contributed by atoms with Gasteiger partial charge < -0.3 is 9.84 Å². The number of carbonyl (C=O) groups is 2. The third kappa shape index (κ3) is 6.68. The first-order valence-electron chi connectivity index (χ1n) is 4.07. The van der Waals surface area contributed by atoms with Crippen LogP contribution in [0, 0.1) is 0 Å². The predicted molar refractivity (Wildman–Crippen MR) is 46.8 cm³/mol. The molecule has 0 aromatic carbocycles. The SMILES string of the molecule is C=CCN(CC(=O)O)C(=O)OCC(F)(F)F. The molecule has 0 spiro atoms. The van der Waals surface area contributed by atoms with Crippen molar-refractivity contribution < 1.29 is 32.6 Å². The van der Waals surface area contributed by atoms with Gasteiger partial charge in [-0.15, -0.1) is 6.58 Å². The van der Waals surface area contributed by atoms with Crippen molar-refractivity contribution >= 4 is 12.1 Å². The Hall–Kier alpha value is -1.73. The Kier molecular flexibility index (Phi) is 5.34. The molecule has 0 aliphatic heterocycles. The van der Waals surface area contributed by atoms with Gasteiger partial charge in [-0.25, -0.2) is 4.79 Å². The summed E-state index contributed by atoms with van der Waals surface area (Å²) < 4.78 is 39.0. The van der Waals surface area contributed by atoms with Gasteiger partial charge >= 0.3 is 18.2 Å². The van der Waals surface area contributed by atoms with Crippen LogP contribution < -0.4 is 0 Å². The molecule has 0 aliphatic carbocycles. The molecule has 92 valence electrons. The van der Waals surface area contributed by atoms with E-state index in [2.05, 4.69) is 11.3 Å². The van der Waals surface area contributed by atoms with Crippen molar-refractivity contribution in [2.75, 3.05) is 19.7 Å². The van der Waals surface area contributed by atoms with Gasteiger partial charge in [0.15, 0.2) is 6.61 Å². The van der Waals surface area contributed by atoms with E-state index in [-0.39, 0.29) is 6.54 Å². The van der Waals surface area contributed by atoms with Gasteiger partial charge in [0.05, 0.1) is 0 Å². The van der Waals surface area contributed by atoms with E-state index in [1.165, 1.54) is 6.08 Å². The van der Waals surface area contributed by atoms with Crippen LogP contribution in [0.5, 0.6) is 0 Å². The fourth-order valence-electron chi connectivity index (χ4n) is 0.758. The molecule has 0 aromatic heterocycles. The maximum atomic E-state index is 11.7. The minimum Gasteiger partial charge on any atom is -0.480 e. The smallest absolute Gasteiger partial charge is 0.422 e. The van der Waals surface area contributed by atoms with Gasteiger partial charge in [0.1, 0.15) is 6.54 Å². The number of hydrogen-bond acceptors (Lipinski definition) is 3. The molecule has 0 unspecified atom stereocenters. The van der Waals surface area contributed by atoms with Gasteiger partial charge in [0.25, 0.3) is 0 Å². The lowest BCUT2D eigenvalue weighted by molar-refractivity contribution is -0.162. The third-order valence-corrected chi connectivity index (χ3v) is 1.29. The van der Waals surface area contributed by atoms with Crippen LogP contribution in [-0.2, 0) is 9.53 Å². The third-order valence-electron chi connectivity index (χ3n) is 1.29. The molecular weight excluding hydrogens is 231 g/mol. The molecular formula is C8H10F3NO4. The zero-order chi connectivity index (χ0) is 12.8. The molecule has 0 bridgehead atoms. The summed E-state index contributed by atoms with van der Waals surface area (Å²) in [7, 11) is 0. The quantitative estimate of drug-likeness (QED) is 0.736. The van der Waals surface area contributed by atoms with Crippen molar-refractivity contribution in [2.24, 2.45) is 0 Å². The van der Waals surface area contributed by atoms with E-state index in [0.29, 0.717) is 4.90 Å². The number of hydrogen-bond donors (Lipinski definition) is 1. The standard InChI is InChI=1S/C8H10F3NO4/c1-2-3-12(4-6(13)14)7(15)16-5-8(9,10)11/h2H,1,3-5H2,(H,13,14). The molecule has 0 heterocycles. The van der Waals surface area contributed by atoms with Crippen LogP contribution in [0.4, 0.5) is 18.0 Å². The van der Waals surface area contributed by atoms with Gasteiger partial charge in [0.2, 0.25) is 0 Å². The predicted octanol–water partition coefficient (Wildman–Crippen LogP) is 1.26. The van der Waals surface area contributed by atoms with E-state index in [9.17, 15) is 22.8 Å². The fourth-order valence-corrected chi connectivity index (χ4v) is 0.758.